The monoisotopic (exact) mass is 538 g/mol. The number of hydrogen-bond donors (Lipinski definition) is 2. The van der Waals surface area contributed by atoms with E-state index in [0.29, 0.717) is 0 Å². The van der Waals surface area contributed by atoms with E-state index >= 15 is 0 Å². The molecular formula is C20H12I2O2. The molecule has 0 aliphatic carbocycles. The molecule has 0 aliphatic rings. The second-order valence-corrected chi connectivity index (χ2v) is 7.76. The number of phenols is 2. The van der Waals surface area contributed by atoms with E-state index in [9.17, 15) is 10.2 Å². The lowest BCUT2D eigenvalue weighted by Crippen LogP contribution is -1.89. The smallest absolute Gasteiger partial charge is 0.129 e. The van der Waals surface area contributed by atoms with Gasteiger partial charge in [-0.1, -0.05) is 48.5 Å². The van der Waals surface area contributed by atoms with E-state index in [1.807, 2.05) is 36.4 Å². The Balaban J connectivity index is 2.19. The molecular weight excluding hydrogens is 526 g/mol. The number of halogens is 2. The Morgan fingerprint density at radius 3 is 1.38 bits per heavy atom. The molecule has 0 amide bonds. The summed E-state index contributed by atoms with van der Waals surface area (Å²) in [5, 5.41) is 24.5. The Bertz CT molecular complexity index is 1010. The number of aromatic hydroxyl groups is 2. The Labute approximate surface area is 166 Å². The molecule has 0 radical (unpaired) electrons. The van der Waals surface area contributed by atoms with E-state index in [1.165, 1.54) is 0 Å². The maximum Gasteiger partial charge on any atom is 0.129 e. The van der Waals surface area contributed by atoms with Gasteiger partial charge in [0, 0.05) is 10.8 Å². The minimum absolute atomic E-state index is 0.285. The van der Waals surface area contributed by atoms with E-state index in [4.69, 9.17) is 0 Å². The molecule has 2 N–H and O–H groups in total. The summed E-state index contributed by atoms with van der Waals surface area (Å²) in [5.41, 5.74) is 2.11. The second kappa shape index (κ2) is 6.07. The summed E-state index contributed by atoms with van der Waals surface area (Å²) in [6.07, 6.45) is 0. The lowest BCUT2D eigenvalue weighted by atomic mass is 9.94. The van der Waals surface area contributed by atoms with Gasteiger partial charge in [0.25, 0.3) is 0 Å². The van der Waals surface area contributed by atoms with Crippen LogP contribution in [0.15, 0.2) is 60.7 Å². The van der Waals surface area contributed by atoms with Crippen LogP contribution in [-0.4, -0.2) is 10.2 Å². The van der Waals surface area contributed by atoms with Gasteiger partial charge in [0.05, 0.1) is 7.14 Å². The average Bonchev–Trinajstić information content (AvgIpc) is 2.60. The van der Waals surface area contributed by atoms with E-state index in [0.717, 1.165) is 39.8 Å². The molecule has 0 heterocycles. The molecule has 24 heavy (non-hydrogen) atoms. The van der Waals surface area contributed by atoms with Crippen molar-refractivity contribution in [2.24, 2.45) is 0 Å². The zero-order valence-electron chi connectivity index (χ0n) is 12.4. The first-order valence-corrected chi connectivity index (χ1v) is 9.54. The van der Waals surface area contributed by atoms with Gasteiger partial charge in [-0.05, 0) is 79.2 Å². The molecule has 0 saturated heterocycles. The van der Waals surface area contributed by atoms with Gasteiger partial charge in [-0.3, -0.25) is 0 Å². The number of benzene rings is 4. The SMILES string of the molecule is Oc1ccc2cccc(-c3cccc4ccc(O)c(I)c34)c2c1I. The summed E-state index contributed by atoms with van der Waals surface area (Å²) < 4.78 is 1.68. The van der Waals surface area contributed by atoms with Crippen LogP contribution in [-0.2, 0) is 0 Å². The van der Waals surface area contributed by atoms with Crippen molar-refractivity contribution in [3.63, 3.8) is 0 Å². The lowest BCUT2D eigenvalue weighted by molar-refractivity contribution is 0.472. The summed E-state index contributed by atoms with van der Waals surface area (Å²) in [7, 11) is 0. The minimum Gasteiger partial charge on any atom is -0.507 e. The fourth-order valence-electron chi connectivity index (χ4n) is 3.10. The van der Waals surface area contributed by atoms with Crippen molar-refractivity contribution in [3.05, 3.63) is 67.8 Å². The summed E-state index contributed by atoms with van der Waals surface area (Å²) >= 11 is 4.39. The van der Waals surface area contributed by atoms with Crippen LogP contribution in [0.4, 0.5) is 0 Å². The van der Waals surface area contributed by atoms with E-state index in [1.54, 1.807) is 12.1 Å². The van der Waals surface area contributed by atoms with Crippen LogP contribution in [0.1, 0.15) is 0 Å². The lowest BCUT2D eigenvalue weighted by Gasteiger charge is -2.14. The topological polar surface area (TPSA) is 40.5 Å². The van der Waals surface area contributed by atoms with Crippen LogP contribution in [0, 0.1) is 7.14 Å². The molecule has 4 aromatic carbocycles. The first-order chi connectivity index (χ1) is 11.6. The quantitative estimate of drug-likeness (QED) is 0.280. The van der Waals surface area contributed by atoms with Gasteiger partial charge in [-0.2, -0.15) is 0 Å². The van der Waals surface area contributed by atoms with Crippen LogP contribution < -0.4 is 0 Å². The minimum atomic E-state index is 0.285. The third-order valence-electron chi connectivity index (χ3n) is 4.21. The van der Waals surface area contributed by atoms with Crippen molar-refractivity contribution in [3.8, 4) is 22.6 Å². The number of rotatable bonds is 1. The maximum atomic E-state index is 10.2. The van der Waals surface area contributed by atoms with Crippen molar-refractivity contribution in [1.29, 1.82) is 0 Å². The predicted molar refractivity (Wildman–Crippen MR) is 116 cm³/mol. The Morgan fingerprint density at radius 1 is 0.542 bits per heavy atom. The van der Waals surface area contributed by atoms with Gasteiger partial charge in [-0.25, -0.2) is 0 Å². The summed E-state index contributed by atoms with van der Waals surface area (Å²) in [6, 6.07) is 19.6. The molecule has 0 aliphatic heterocycles. The maximum absolute atomic E-state index is 10.2. The van der Waals surface area contributed by atoms with Gasteiger partial charge in [-0.15, -0.1) is 0 Å². The first-order valence-electron chi connectivity index (χ1n) is 7.38. The fraction of sp³-hybridized carbons (Fsp3) is 0. The van der Waals surface area contributed by atoms with Gasteiger partial charge in [0.1, 0.15) is 11.5 Å². The molecule has 0 aromatic heterocycles. The highest BCUT2D eigenvalue weighted by molar-refractivity contribution is 14.1. The van der Waals surface area contributed by atoms with Crippen LogP contribution >= 0.6 is 45.2 Å². The highest BCUT2D eigenvalue weighted by Crippen LogP contribution is 2.41. The molecule has 0 bridgehead atoms. The number of hydrogen-bond acceptors (Lipinski definition) is 2. The molecule has 0 atom stereocenters. The van der Waals surface area contributed by atoms with Gasteiger partial charge in [0.2, 0.25) is 0 Å². The number of fused-ring (bicyclic) bond motifs is 2. The van der Waals surface area contributed by atoms with Crippen molar-refractivity contribution >= 4 is 66.7 Å². The summed E-state index contributed by atoms with van der Waals surface area (Å²) in [4.78, 5) is 0. The molecule has 0 fully saturated rings. The van der Waals surface area contributed by atoms with Crippen LogP contribution in [0.5, 0.6) is 11.5 Å². The van der Waals surface area contributed by atoms with Crippen molar-refractivity contribution < 1.29 is 10.2 Å². The average molecular weight is 538 g/mol. The highest BCUT2D eigenvalue weighted by Gasteiger charge is 2.15. The molecule has 4 rings (SSSR count). The molecule has 0 saturated carbocycles. The van der Waals surface area contributed by atoms with Crippen LogP contribution in [0.2, 0.25) is 0 Å². The standard InChI is InChI=1S/C20H12I2O2/c21-19-15(23)9-7-11-3-1-5-13(17(11)19)14-6-2-4-12-8-10-16(24)20(22)18(12)14/h1-10,23-24H. The highest BCUT2D eigenvalue weighted by atomic mass is 127. The zero-order chi connectivity index (χ0) is 16.8. The normalized spacial score (nSPS) is 11.2. The van der Waals surface area contributed by atoms with E-state index in [-0.39, 0.29) is 11.5 Å². The summed E-state index contributed by atoms with van der Waals surface area (Å²) in [6.45, 7) is 0. The Hall–Kier alpha value is -1.54. The van der Waals surface area contributed by atoms with Gasteiger partial charge >= 0.3 is 0 Å². The van der Waals surface area contributed by atoms with Crippen molar-refractivity contribution in [1.82, 2.24) is 0 Å². The Morgan fingerprint density at radius 2 is 0.958 bits per heavy atom. The van der Waals surface area contributed by atoms with Crippen LogP contribution in [0.25, 0.3) is 32.7 Å². The van der Waals surface area contributed by atoms with Gasteiger partial charge in [0.15, 0.2) is 0 Å². The molecule has 2 nitrogen and oxygen atoms in total. The van der Waals surface area contributed by atoms with Crippen LogP contribution in [0.3, 0.4) is 0 Å². The first kappa shape index (κ1) is 16.0. The van der Waals surface area contributed by atoms with Crippen molar-refractivity contribution in [2.75, 3.05) is 0 Å². The Kier molecular flexibility index (Phi) is 4.04. The zero-order valence-corrected chi connectivity index (χ0v) is 16.7. The summed E-state index contributed by atoms with van der Waals surface area (Å²) in [5.74, 6) is 0.571. The molecule has 0 unspecified atom stereocenters. The largest absolute Gasteiger partial charge is 0.507 e. The molecule has 4 heteroatoms. The third kappa shape index (κ3) is 2.43. The fourth-order valence-corrected chi connectivity index (χ4v) is 4.66. The van der Waals surface area contributed by atoms with Gasteiger partial charge < -0.3 is 10.2 Å². The third-order valence-corrected chi connectivity index (χ3v) is 6.40. The number of phenolic OH excluding ortho intramolecular Hbond substituents is 2. The molecule has 4 aromatic rings. The second-order valence-electron chi connectivity index (χ2n) is 5.60. The van der Waals surface area contributed by atoms with E-state index < -0.39 is 0 Å². The molecule has 118 valence electrons. The van der Waals surface area contributed by atoms with E-state index in [2.05, 4.69) is 57.3 Å². The molecule has 0 spiro atoms. The van der Waals surface area contributed by atoms with Crippen molar-refractivity contribution in [2.45, 2.75) is 0 Å². The predicted octanol–water partition coefficient (Wildman–Crippen LogP) is 6.28.